The van der Waals surface area contributed by atoms with Crippen LogP contribution in [0.4, 0.5) is 0 Å². The molecule has 0 radical (unpaired) electrons. The molecule has 0 heterocycles. The van der Waals surface area contributed by atoms with Gasteiger partial charge in [0.1, 0.15) is 0 Å². The van der Waals surface area contributed by atoms with E-state index in [-0.39, 0.29) is 17.6 Å². The molecular weight excluding hydrogens is 150 g/mol. The zero-order valence-electron chi connectivity index (χ0n) is 8.09. The molecule has 0 bridgehead atoms. The van der Waals surface area contributed by atoms with Crippen LogP contribution < -0.4 is 0 Å². The highest BCUT2D eigenvalue weighted by Gasteiger charge is 2.68. The van der Waals surface area contributed by atoms with Crippen molar-refractivity contribution in [2.24, 2.45) is 11.3 Å². The van der Waals surface area contributed by atoms with E-state index in [0.717, 1.165) is 12.8 Å². The van der Waals surface area contributed by atoms with Crippen molar-refractivity contribution in [1.82, 2.24) is 0 Å². The van der Waals surface area contributed by atoms with Crippen LogP contribution in [0, 0.1) is 17.9 Å². The van der Waals surface area contributed by atoms with E-state index in [4.69, 9.17) is 11.7 Å². The van der Waals surface area contributed by atoms with Gasteiger partial charge in [0.2, 0.25) is 5.54 Å². The highest BCUT2D eigenvalue weighted by molar-refractivity contribution is 5.23. The van der Waals surface area contributed by atoms with Crippen molar-refractivity contribution in [2.45, 2.75) is 39.2 Å². The van der Waals surface area contributed by atoms with Gasteiger partial charge in [0.05, 0.1) is 0 Å². The minimum atomic E-state index is -0.171. The van der Waals surface area contributed by atoms with Crippen LogP contribution in [0.15, 0.2) is 0 Å². The van der Waals surface area contributed by atoms with Crippen molar-refractivity contribution in [1.29, 1.82) is 0 Å². The Morgan fingerprint density at radius 2 is 2.17 bits per heavy atom. The minimum absolute atomic E-state index is 0.0641. The summed E-state index contributed by atoms with van der Waals surface area (Å²) >= 11 is 0. The molecule has 0 aliphatic heterocycles. The van der Waals surface area contributed by atoms with Crippen molar-refractivity contribution < 1.29 is 5.11 Å². The van der Waals surface area contributed by atoms with Crippen molar-refractivity contribution in [3.63, 3.8) is 0 Å². The zero-order valence-corrected chi connectivity index (χ0v) is 8.09. The first-order valence-electron chi connectivity index (χ1n) is 4.47. The Labute approximate surface area is 74.4 Å². The molecule has 0 saturated heterocycles. The standard InChI is InChI=1S/C10H17NO/c1-9(2,3)10(11-4)7-8(10)5-6-12/h8,12H,5-7H2,1-3H3. The fourth-order valence-electron chi connectivity index (χ4n) is 2.04. The molecule has 0 spiro atoms. The van der Waals surface area contributed by atoms with E-state index in [2.05, 4.69) is 25.6 Å². The molecule has 0 aromatic carbocycles. The molecule has 12 heavy (non-hydrogen) atoms. The van der Waals surface area contributed by atoms with Gasteiger partial charge in [-0.05, 0) is 6.42 Å². The summed E-state index contributed by atoms with van der Waals surface area (Å²) in [4.78, 5) is 3.74. The topological polar surface area (TPSA) is 24.6 Å². The first-order valence-corrected chi connectivity index (χ1v) is 4.47. The normalized spacial score (nSPS) is 34.4. The molecule has 0 aromatic rings. The van der Waals surface area contributed by atoms with Gasteiger partial charge >= 0.3 is 0 Å². The summed E-state index contributed by atoms with van der Waals surface area (Å²) in [6, 6.07) is 0. The van der Waals surface area contributed by atoms with Gasteiger partial charge in [-0.2, -0.15) is 0 Å². The number of hydrogen-bond donors (Lipinski definition) is 1. The quantitative estimate of drug-likeness (QED) is 0.626. The van der Waals surface area contributed by atoms with Gasteiger partial charge in [-0.25, -0.2) is 6.57 Å². The predicted molar refractivity (Wildman–Crippen MR) is 48.6 cm³/mol. The molecule has 68 valence electrons. The summed E-state index contributed by atoms with van der Waals surface area (Å²) in [5.74, 6) is 0.431. The van der Waals surface area contributed by atoms with E-state index in [1.54, 1.807) is 0 Å². The Kier molecular flexibility index (Phi) is 2.18. The largest absolute Gasteiger partial charge is 0.396 e. The summed E-state index contributed by atoms with van der Waals surface area (Å²) < 4.78 is 0. The van der Waals surface area contributed by atoms with E-state index in [1.807, 2.05) is 0 Å². The highest BCUT2D eigenvalue weighted by atomic mass is 16.3. The predicted octanol–water partition coefficient (Wildman–Crippen LogP) is 2.09. The van der Waals surface area contributed by atoms with Gasteiger partial charge in [0, 0.05) is 24.4 Å². The van der Waals surface area contributed by atoms with Crippen LogP contribution in [0.2, 0.25) is 0 Å². The van der Waals surface area contributed by atoms with E-state index < -0.39 is 0 Å². The lowest BCUT2D eigenvalue weighted by molar-refractivity contribution is 0.257. The van der Waals surface area contributed by atoms with Gasteiger partial charge in [-0.3, -0.25) is 0 Å². The molecule has 0 aromatic heterocycles. The fourth-order valence-corrected chi connectivity index (χ4v) is 2.04. The average molecular weight is 167 g/mol. The van der Waals surface area contributed by atoms with Crippen molar-refractivity contribution in [3.8, 4) is 0 Å². The maximum atomic E-state index is 8.77. The van der Waals surface area contributed by atoms with Crippen LogP contribution in [0.25, 0.3) is 4.85 Å². The Morgan fingerprint density at radius 3 is 2.42 bits per heavy atom. The maximum absolute atomic E-state index is 8.77. The fraction of sp³-hybridized carbons (Fsp3) is 0.900. The van der Waals surface area contributed by atoms with Crippen LogP contribution >= 0.6 is 0 Å². The smallest absolute Gasteiger partial charge is 0.241 e. The second-order valence-corrected chi connectivity index (χ2v) is 4.70. The lowest BCUT2D eigenvalue weighted by Gasteiger charge is -2.21. The third-order valence-electron chi connectivity index (χ3n) is 3.05. The van der Waals surface area contributed by atoms with Crippen LogP contribution in [0.1, 0.15) is 33.6 Å². The van der Waals surface area contributed by atoms with Crippen LogP contribution in [-0.4, -0.2) is 17.3 Å². The van der Waals surface area contributed by atoms with E-state index in [0.29, 0.717) is 5.92 Å². The maximum Gasteiger partial charge on any atom is 0.241 e. The SMILES string of the molecule is [C-]#[N+]C1(C(C)(C)C)CC1CCO. The van der Waals surface area contributed by atoms with Crippen molar-refractivity contribution in [3.05, 3.63) is 11.4 Å². The number of aliphatic hydroxyl groups is 1. The first-order chi connectivity index (χ1) is 5.48. The van der Waals surface area contributed by atoms with E-state index in [9.17, 15) is 0 Å². The van der Waals surface area contributed by atoms with Gasteiger partial charge in [0.15, 0.2) is 0 Å². The minimum Gasteiger partial charge on any atom is -0.396 e. The summed E-state index contributed by atoms with van der Waals surface area (Å²) in [5.41, 5.74) is -0.107. The average Bonchev–Trinajstić information content (AvgIpc) is 2.63. The highest BCUT2D eigenvalue weighted by Crippen LogP contribution is 2.59. The van der Waals surface area contributed by atoms with Gasteiger partial charge in [0.25, 0.3) is 0 Å². The third kappa shape index (κ3) is 1.23. The summed E-state index contributed by atoms with van der Waals surface area (Å²) in [7, 11) is 0. The Hall–Kier alpha value is -0.550. The Morgan fingerprint density at radius 1 is 1.58 bits per heavy atom. The van der Waals surface area contributed by atoms with E-state index >= 15 is 0 Å². The molecule has 1 saturated carbocycles. The molecule has 1 aliphatic rings. The molecule has 2 heteroatoms. The zero-order chi connectivity index (χ0) is 9.41. The van der Waals surface area contributed by atoms with Crippen molar-refractivity contribution >= 4 is 0 Å². The monoisotopic (exact) mass is 167 g/mol. The first kappa shape index (κ1) is 9.54. The second kappa shape index (κ2) is 2.74. The molecule has 1 N–H and O–H groups in total. The molecule has 0 amide bonds. The third-order valence-corrected chi connectivity index (χ3v) is 3.05. The van der Waals surface area contributed by atoms with Gasteiger partial charge in [-0.15, -0.1) is 0 Å². The number of rotatable bonds is 2. The van der Waals surface area contributed by atoms with E-state index in [1.165, 1.54) is 0 Å². The Bertz CT molecular complexity index is 211. The van der Waals surface area contributed by atoms with Crippen LogP contribution in [0.3, 0.4) is 0 Å². The lowest BCUT2D eigenvalue weighted by Crippen LogP contribution is -2.27. The lowest BCUT2D eigenvalue weighted by atomic mass is 9.82. The molecule has 1 aliphatic carbocycles. The summed E-state index contributed by atoms with van der Waals surface area (Å²) in [5, 5.41) is 8.77. The molecule has 2 atom stereocenters. The summed E-state index contributed by atoms with van der Waals surface area (Å²) in [6.07, 6.45) is 1.76. The van der Waals surface area contributed by atoms with Crippen LogP contribution in [-0.2, 0) is 0 Å². The molecule has 2 unspecified atom stereocenters. The second-order valence-electron chi connectivity index (χ2n) is 4.70. The molecular formula is C10H17NO. The summed E-state index contributed by atoms with van der Waals surface area (Å²) in [6.45, 7) is 13.7. The number of nitrogens with zero attached hydrogens (tertiary/aromatic N) is 1. The molecule has 2 nitrogen and oxygen atoms in total. The molecule has 1 rings (SSSR count). The number of aliphatic hydroxyl groups excluding tert-OH is 1. The van der Waals surface area contributed by atoms with Gasteiger partial charge in [-0.1, -0.05) is 20.8 Å². The van der Waals surface area contributed by atoms with Crippen molar-refractivity contribution in [2.75, 3.05) is 6.61 Å². The van der Waals surface area contributed by atoms with Crippen LogP contribution in [0.5, 0.6) is 0 Å². The molecule has 1 fully saturated rings. The number of hydrogen-bond acceptors (Lipinski definition) is 1. The Balaban J connectivity index is 2.67. The van der Waals surface area contributed by atoms with Gasteiger partial charge < -0.3 is 9.95 Å².